The van der Waals surface area contributed by atoms with Gasteiger partial charge in [-0.15, -0.1) is 0 Å². The molecule has 3 heteroatoms. The summed E-state index contributed by atoms with van der Waals surface area (Å²) < 4.78 is 0. The molecule has 0 aromatic heterocycles. The predicted octanol–water partition coefficient (Wildman–Crippen LogP) is 0.960. The second kappa shape index (κ2) is 2.72. The number of hydrogen-bond donors (Lipinski definition) is 3. The maximum absolute atomic E-state index is 9.95. The van der Waals surface area contributed by atoms with Crippen molar-refractivity contribution in [2.24, 2.45) is 5.73 Å². The third-order valence-corrected chi connectivity index (χ3v) is 3.37. The van der Waals surface area contributed by atoms with Crippen LogP contribution in [0.1, 0.15) is 29.6 Å². The van der Waals surface area contributed by atoms with Crippen molar-refractivity contribution in [2.45, 2.75) is 24.5 Å². The zero-order valence-corrected chi connectivity index (χ0v) is 7.90. The van der Waals surface area contributed by atoms with Gasteiger partial charge in [-0.05, 0) is 23.6 Å². The minimum atomic E-state index is -0.485. The Hall–Kier alpha value is -1.06. The third kappa shape index (κ3) is 0.938. The molecule has 4 N–H and O–H groups in total. The van der Waals surface area contributed by atoms with Crippen LogP contribution in [0.4, 0.5) is 5.69 Å². The monoisotopic (exact) mass is 190 g/mol. The fourth-order valence-electron chi connectivity index (χ4n) is 2.68. The number of nitrogens with two attached hydrogens (primary N) is 1. The highest BCUT2D eigenvalue weighted by Crippen LogP contribution is 2.44. The molecule has 2 aliphatic rings. The lowest BCUT2D eigenvalue weighted by molar-refractivity contribution is 0.129. The van der Waals surface area contributed by atoms with Gasteiger partial charge in [0.15, 0.2) is 0 Å². The number of benzene rings is 1. The molecule has 0 radical (unpaired) electrons. The van der Waals surface area contributed by atoms with Gasteiger partial charge in [0.2, 0.25) is 0 Å². The fourth-order valence-corrected chi connectivity index (χ4v) is 2.68. The number of anilines is 1. The first-order chi connectivity index (χ1) is 6.77. The zero-order valence-electron chi connectivity index (χ0n) is 7.90. The van der Waals surface area contributed by atoms with Crippen molar-refractivity contribution in [3.05, 3.63) is 29.3 Å². The lowest BCUT2D eigenvalue weighted by atomic mass is 9.80. The highest BCUT2D eigenvalue weighted by atomic mass is 16.3. The number of aliphatic hydroxyl groups is 1. The van der Waals surface area contributed by atoms with Crippen LogP contribution in [0, 0.1) is 0 Å². The van der Waals surface area contributed by atoms with Crippen molar-refractivity contribution in [1.82, 2.24) is 0 Å². The maximum Gasteiger partial charge on any atom is 0.0944 e. The summed E-state index contributed by atoms with van der Waals surface area (Å²) in [5.74, 6) is 0.500. The van der Waals surface area contributed by atoms with Crippen LogP contribution in [0.5, 0.6) is 0 Å². The van der Waals surface area contributed by atoms with Crippen molar-refractivity contribution in [3.8, 4) is 0 Å². The van der Waals surface area contributed by atoms with Crippen LogP contribution in [0.2, 0.25) is 0 Å². The molecule has 0 saturated heterocycles. The van der Waals surface area contributed by atoms with Crippen LogP contribution in [0.3, 0.4) is 0 Å². The Labute approximate surface area is 82.9 Å². The highest BCUT2D eigenvalue weighted by Gasteiger charge is 2.36. The summed E-state index contributed by atoms with van der Waals surface area (Å²) in [6.07, 6.45) is 0.402. The predicted molar refractivity (Wildman–Crippen MR) is 55.2 cm³/mol. The molecule has 1 aliphatic heterocycles. The second-order valence-electron chi connectivity index (χ2n) is 4.23. The molecule has 3 nitrogen and oxygen atoms in total. The van der Waals surface area contributed by atoms with Gasteiger partial charge < -0.3 is 16.2 Å². The van der Waals surface area contributed by atoms with E-state index in [2.05, 4.69) is 11.4 Å². The van der Waals surface area contributed by atoms with Crippen molar-refractivity contribution < 1.29 is 5.11 Å². The van der Waals surface area contributed by atoms with E-state index < -0.39 is 6.10 Å². The van der Waals surface area contributed by atoms with E-state index >= 15 is 0 Å². The fraction of sp³-hybridized carbons (Fsp3) is 0.455. The Balaban J connectivity index is 2.19. The first-order valence-corrected chi connectivity index (χ1v) is 5.07. The normalized spacial score (nSPS) is 33.7. The van der Waals surface area contributed by atoms with Gasteiger partial charge >= 0.3 is 0 Å². The van der Waals surface area contributed by atoms with Gasteiger partial charge in [0.1, 0.15) is 0 Å². The average molecular weight is 190 g/mol. The molecule has 0 spiro atoms. The highest BCUT2D eigenvalue weighted by molar-refractivity contribution is 5.62. The van der Waals surface area contributed by atoms with E-state index in [9.17, 15) is 5.11 Å². The first kappa shape index (κ1) is 8.26. The Morgan fingerprint density at radius 1 is 1.43 bits per heavy atom. The molecule has 1 aromatic carbocycles. The molecule has 0 fully saturated rings. The number of aliphatic hydroxyl groups excluding tert-OH is 1. The van der Waals surface area contributed by atoms with Crippen LogP contribution in [-0.4, -0.2) is 17.7 Å². The van der Waals surface area contributed by atoms with E-state index in [4.69, 9.17) is 5.73 Å². The summed E-state index contributed by atoms with van der Waals surface area (Å²) >= 11 is 0. The molecule has 0 bridgehead atoms. The molecule has 3 rings (SSSR count). The maximum atomic E-state index is 9.95. The number of rotatable bonds is 0. The Kier molecular flexibility index (Phi) is 1.60. The summed E-state index contributed by atoms with van der Waals surface area (Å²) in [7, 11) is 0. The standard InChI is InChI=1S/C11H14N2O/c12-8-4-6-5-13-9-3-1-2-7(10(6)9)11(8)14/h1-3,6,8,11,13-14H,4-5,12H2. The van der Waals surface area contributed by atoms with Gasteiger partial charge in [0, 0.05) is 24.2 Å². The summed E-state index contributed by atoms with van der Waals surface area (Å²) in [4.78, 5) is 0. The molecule has 0 amide bonds. The second-order valence-corrected chi connectivity index (χ2v) is 4.23. The quantitative estimate of drug-likeness (QED) is 0.571. The number of hydrogen-bond acceptors (Lipinski definition) is 3. The first-order valence-electron chi connectivity index (χ1n) is 5.07. The molecule has 1 heterocycles. The van der Waals surface area contributed by atoms with E-state index in [1.807, 2.05) is 12.1 Å². The Bertz CT molecular complexity index is 378. The van der Waals surface area contributed by atoms with Crippen LogP contribution in [-0.2, 0) is 0 Å². The molecule has 14 heavy (non-hydrogen) atoms. The van der Waals surface area contributed by atoms with Crippen LogP contribution >= 0.6 is 0 Å². The van der Waals surface area contributed by atoms with Crippen molar-refractivity contribution in [1.29, 1.82) is 0 Å². The topological polar surface area (TPSA) is 58.3 Å². The SMILES string of the molecule is NC1CC2CNc3cccc(c32)C1O. The van der Waals surface area contributed by atoms with Gasteiger partial charge in [0.25, 0.3) is 0 Å². The van der Waals surface area contributed by atoms with Crippen LogP contribution in [0.15, 0.2) is 18.2 Å². The van der Waals surface area contributed by atoms with Gasteiger partial charge in [0.05, 0.1) is 6.10 Å². The molecule has 74 valence electrons. The summed E-state index contributed by atoms with van der Waals surface area (Å²) in [5, 5.41) is 13.3. The van der Waals surface area contributed by atoms with Gasteiger partial charge in [-0.2, -0.15) is 0 Å². The van der Waals surface area contributed by atoms with Crippen molar-refractivity contribution >= 4 is 5.69 Å². The van der Waals surface area contributed by atoms with E-state index in [0.717, 1.165) is 18.5 Å². The minimum Gasteiger partial charge on any atom is -0.387 e. The molecule has 3 unspecified atom stereocenters. The molecule has 1 aromatic rings. The van der Waals surface area contributed by atoms with Gasteiger partial charge in [-0.25, -0.2) is 0 Å². The molecular weight excluding hydrogens is 176 g/mol. The van der Waals surface area contributed by atoms with E-state index in [1.54, 1.807) is 0 Å². The van der Waals surface area contributed by atoms with Crippen molar-refractivity contribution in [2.75, 3.05) is 11.9 Å². The average Bonchev–Trinajstić information content (AvgIpc) is 2.59. The van der Waals surface area contributed by atoms with E-state index in [1.165, 1.54) is 11.3 Å². The lowest BCUT2D eigenvalue weighted by Gasteiger charge is -2.30. The minimum absolute atomic E-state index is 0.109. The third-order valence-electron chi connectivity index (χ3n) is 3.37. The van der Waals surface area contributed by atoms with Gasteiger partial charge in [-0.3, -0.25) is 0 Å². The van der Waals surface area contributed by atoms with Crippen LogP contribution in [0.25, 0.3) is 0 Å². The molecule has 3 atom stereocenters. The van der Waals surface area contributed by atoms with Gasteiger partial charge in [-0.1, -0.05) is 12.1 Å². The Morgan fingerprint density at radius 2 is 2.29 bits per heavy atom. The zero-order chi connectivity index (χ0) is 9.71. The van der Waals surface area contributed by atoms with Crippen molar-refractivity contribution in [3.63, 3.8) is 0 Å². The summed E-state index contributed by atoms with van der Waals surface area (Å²) in [6.45, 7) is 0.965. The lowest BCUT2D eigenvalue weighted by Crippen LogP contribution is -2.34. The molecule has 0 saturated carbocycles. The number of nitrogens with one attached hydrogen (secondary N) is 1. The summed E-state index contributed by atoms with van der Waals surface area (Å²) in [6, 6.07) is 5.93. The molecular formula is C11H14N2O. The smallest absolute Gasteiger partial charge is 0.0944 e. The van der Waals surface area contributed by atoms with E-state index in [-0.39, 0.29) is 6.04 Å². The molecule has 1 aliphatic carbocycles. The van der Waals surface area contributed by atoms with E-state index in [0.29, 0.717) is 5.92 Å². The largest absolute Gasteiger partial charge is 0.387 e. The van der Waals surface area contributed by atoms with Crippen LogP contribution < -0.4 is 11.1 Å². The summed E-state index contributed by atoms with van der Waals surface area (Å²) in [5.41, 5.74) is 9.40. The Morgan fingerprint density at radius 3 is 3.14 bits per heavy atom.